The molecule has 0 aliphatic heterocycles. The van der Waals surface area contributed by atoms with Gasteiger partial charge in [-0.2, -0.15) is 5.26 Å². The summed E-state index contributed by atoms with van der Waals surface area (Å²) >= 11 is 0. The normalized spacial score (nSPS) is 43.4. The molecule has 6 unspecified atom stereocenters. The number of aromatic hydroxyl groups is 1. The summed E-state index contributed by atoms with van der Waals surface area (Å²) in [6, 6.07) is 7.80. The molecule has 3 aliphatic rings. The zero-order valence-electron chi connectivity index (χ0n) is 14.1. The zero-order chi connectivity index (χ0) is 17.1. The number of fused-ring (bicyclic) bond motifs is 5. The summed E-state index contributed by atoms with van der Waals surface area (Å²) in [5.41, 5.74) is 0.895. The largest absolute Gasteiger partial charge is 0.508 e. The minimum absolute atomic E-state index is 0.00299. The fourth-order valence-corrected chi connectivity index (χ4v) is 6.12. The van der Waals surface area contributed by atoms with E-state index in [2.05, 4.69) is 19.1 Å². The van der Waals surface area contributed by atoms with Gasteiger partial charge in [-0.1, -0.05) is 13.0 Å². The second-order valence-corrected chi connectivity index (χ2v) is 8.27. The highest BCUT2D eigenvalue weighted by molar-refractivity contribution is 5.40. The van der Waals surface area contributed by atoms with Crippen LogP contribution in [0.5, 0.6) is 5.75 Å². The molecule has 1 aromatic carbocycles. The van der Waals surface area contributed by atoms with Crippen LogP contribution >= 0.6 is 0 Å². The molecule has 0 aromatic heterocycles. The van der Waals surface area contributed by atoms with E-state index < -0.39 is 17.1 Å². The van der Waals surface area contributed by atoms with E-state index >= 15 is 0 Å². The first-order valence-electron chi connectivity index (χ1n) is 9.00. The van der Waals surface area contributed by atoms with Gasteiger partial charge in [0.15, 0.2) is 0 Å². The van der Waals surface area contributed by atoms with Crippen molar-refractivity contribution in [3.05, 3.63) is 29.3 Å². The Balaban J connectivity index is 1.72. The van der Waals surface area contributed by atoms with Gasteiger partial charge in [0.05, 0.1) is 18.6 Å². The summed E-state index contributed by atoms with van der Waals surface area (Å²) in [5, 5.41) is 40.6. The summed E-state index contributed by atoms with van der Waals surface area (Å²) in [7, 11) is 0. The van der Waals surface area contributed by atoms with Crippen LogP contribution in [0.1, 0.15) is 56.1 Å². The van der Waals surface area contributed by atoms with Crippen molar-refractivity contribution in [2.45, 2.75) is 63.1 Å². The number of nitriles is 1. The van der Waals surface area contributed by atoms with Crippen LogP contribution in [0.4, 0.5) is 0 Å². The van der Waals surface area contributed by atoms with Gasteiger partial charge in [0.1, 0.15) is 11.4 Å². The summed E-state index contributed by atoms with van der Waals surface area (Å²) < 4.78 is 0. The number of benzene rings is 1. The van der Waals surface area contributed by atoms with E-state index in [9.17, 15) is 15.3 Å². The highest BCUT2D eigenvalue weighted by Gasteiger charge is 2.65. The molecule has 24 heavy (non-hydrogen) atoms. The second kappa shape index (κ2) is 5.21. The van der Waals surface area contributed by atoms with E-state index in [0.717, 1.165) is 25.7 Å². The van der Waals surface area contributed by atoms with E-state index in [1.165, 1.54) is 11.1 Å². The molecular formula is C20H25NO3. The lowest BCUT2D eigenvalue weighted by molar-refractivity contribution is -0.138. The minimum atomic E-state index is -1.29. The second-order valence-electron chi connectivity index (χ2n) is 8.27. The molecule has 6 atom stereocenters. The molecule has 4 rings (SSSR count). The Morgan fingerprint density at radius 1 is 1.33 bits per heavy atom. The maximum Gasteiger partial charge on any atom is 0.115 e. The first-order chi connectivity index (χ1) is 11.4. The molecule has 0 radical (unpaired) electrons. The van der Waals surface area contributed by atoms with Crippen LogP contribution in [0, 0.1) is 28.6 Å². The highest BCUT2D eigenvalue weighted by Crippen LogP contribution is 2.64. The Morgan fingerprint density at radius 2 is 2.12 bits per heavy atom. The monoisotopic (exact) mass is 327 g/mol. The van der Waals surface area contributed by atoms with Gasteiger partial charge >= 0.3 is 0 Å². The summed E-state index contributed by atoms with van der Waals surface area (Å²) in [5.74, 6) is 1.44. The average molecular weight is 327 g/mol. The van der Waals surface area contributed by atoms with Crippen molar-refractivity contribution in [2.24, 2.45) is 17.3 Å². The molecule has 4 heteroatoms. The van der Waals surface area contributed by atoms with Gasteiger partial charge in [-0.15, -0.1) is 0 Å². The third-order valence-electron chi connectivity index (χ3n) is 7.47. The van der Waals surface area contributed by atoms with Gasteiger partial charge in [0.25, 0.3) is 0 Å². The number of nitrogens with zero attached hydrogens (tertiary/aromatic N) is 1. The third-order valence-corrected chi connectivity index (χ3v) is 7.47. The molecule has 0 amide bonds. The van der Waals surface area contributed by atoms with Crippen molar-refractivity contribution in [1.82, 2.24) is 0 Å². The molecular weight excluding hydrogens is 302 g/mol. The fraction of sp³-hybridized carbons (Fsp3) is 0.650. The Bertz CT molecular complexity index is 711. The van der Waals surface area contributed by atoms with Crippen LogP contribution in [-0.2, 0) is 6.42 Å². The maximum atomic E-state index is 11.1. The number of hydrogen-bond acceptors (Lipinski definition) is 4. The predicted molar refractivity (Wildman–Crippen MR) is 89.3 cm³/mol. The molecule has 0 saturated heterocycles. The zero-order valence-corrected chi connectivity index (χ0v) is 14.1. The standard InChI is InChI=1S/C20H25NO3/c1-19-7-6-15-14-5-3-13(22)10-12(14)2-4-16(15)17(19)11-18(23)20(19,24)8-9-21/h3,5,10,15-18,22-24H,2,4,6-8,11H2,1H3. The van der Waals surface area contributed by atoms with Crippen LogP contribution in [0.25, 0.3) is 0 Å². The van der Waals surface area contributed by atoms with Crippen molar-refractivity contribution in [3.8, 4) is 11.8 Å². The lowest BCUT2D eigenvalue weighted by Gasteiger charge is -2.52. The average Bonchev–Trinajstić information content (AvgIpc) is 2.75. The van der Waals surface area contributed by atoms with Crippen molar-refractivity contribution in [3.63, 3.8) is 0 Å². The van der Waals surface area contributed by atoms with Gasteiger partial charge < -0.3 is 15.3 Å². The van der Waals surface area contributed by atoms with E-state index in [0.29, 0.717) is 24.0 Å². The highest BCUT2D eigenvalue weighted by atomic mass is 16.3. The summed E-state index contributed by atoms with van der Waals surface area (Å²) in [6.07, 6.45) is 3.53. The molecule has 3 N–H and O–H groups in total. The van der Waals surface area contributed by atoms with Crippen LogP contribution in [0.2, 0.25) is 0 Å². The van der Waals surface area contributed by atoms with Gasteiger partial charge in [-0.3, -0.25) is 0 Å². The third kappa shape index (κ3) is 1.92. The van der Waals surface area contributed by atoms with Crippen LogP contribution < -0.4 is 0 Å². The van der Waals surface area contributed by atoms with Gasteiger partial charge in [0, 0.05) is 5.41 Å². The van der Waals surface area contributed by atoms with Gasteiger partial charge in [-0.05, 0) is 73.1 Å². The molecule has 2 saturated carbocycles. The molecule has 0 bridgehead atoms. The molecule has 4 nitrogen and oxygen atoms in total. The van der Waals surface area contributed by atoms with E-state index in [1.54, 1.807) is 6.07 Å². The molecule has 3 aliphatic carbocycles. The van der Waals surface area contributed by atoms with E-state index in [1.807, 2.05) is 6.07 Å². The Hall–Kier alpha value is -1.57. The van der Waals surface area contributed by atoms with Crippen molar-refractivity contribution in [1.29, 1.82) is 5.26 Å². The topological polar surface area (TPSA) is 84.5 Å². The summed E-state index contributed by atoms with van der Waals surface area (Å²) in [6.45, 7) is 2.08. The van der Waals surface area contributed by atoms with Crippen molar-refractivity contribution < 1.29 is 15.3 Å². The fourth-order valence-electron chi connectivity index (χ4n) is 6.12. The van der Waals surface area contributed by atoms with E-state index in [-0.39, 0.29) is 12.3 Å². The molecule has 128 valence electrons. The number of phenols is 1. The quantitative estimate of drug-likeness (QED) is 0.740. The van der Waals surface area contributed by atoms with Gasteiger partial charge in [-0.25, -0.2) is 0 Å². The van der Waals surface area contributed by atoms with Crippen LogP contribution in [0.15, 0.2) is 18.2 Å². The predicted octanol–water partition coefficient (Wildman–Crippen LogP) is 2.86. The number of rotatable bonds is 1. The smallest absolute Gasteiger partial charge is 0.115 e. The van der Waals surface area contributed by atoms with Crippen LogP contribution in [-0.4, -0.2) is 27.0 Å². The number of phenolic OH excluding ortho intramolecular Hbond substituents is 1. The molecule has 1 aromatic rings. The van der Waals surface area contributed by atoms with Crippen LogP contribution in [0.3, 0.4) is 0 Å². The van der Waals surface area contributed by atoms with Gasteiger partial charge in [0.2, 0.25) is 0 Å². The lowest BCUT2D eigenvalue weighted by atomic mass is 9.53. The summed E-state index contributed by atoms with van der Waals surface area (Å²) in [4.78, 5) is 0. The maximum absolute atomic E-state index is 11.1. The van der Waals surface area contributed by atoms with E-state index in [4.69, 9.17) is 5.26 Å². The Morgan fingerprint density at radius 3 is 2.88 bits per heavy atom. The SMILES string of the molecule is CC12CCC3c4ccc(O)cc4CCC3C1CC(O)C2(O)CC#N. The number of hydrogen-bond donors (Lipinski definition) is 3. The molecule has 2 fully saturated rings. The van der Waals surface area contributed by atoms with Crippen molar-refractivity contribution >= 4 is 0 Å². The molecule has 0 spiro atoms. The minimum Gasteiger partial charge on any atom is -0.508 e. The van der Waals surface area contributed by atoms with Crippen molar-refractivity contribution in [2.75, 3.05) is 0 Å². The molecule has 0 heterocycles. The number of aryl methyl sites for hydroxylation is 1. The number of aliphatic hydroxyl groups is 2. The first kappa shape index (κ1) is 15.9. The number of aliphatic hydroxyl groups excluding tert-OH is 1. The first-order valence-corrected chi connectivity index (χ1v) is 9.00. The Labute approximate surface area is 142 Å². The lowest BCUT2D eigenvalue weighted by Crippen LogP contribution is -2.53. The Kier molecular flexibility index (Phi) is 3.46.